The summed E-state index contributed by atoms with van der Waals surface area (Å²) in [5, 5.41) is 4.95. The lowest BCUT2D eigenvalue weighted by atomic mass is 9.74. The number of benzene rings is 1. The maximum Gasteiger partial charge on any atom is 0.0746 e. The van der Waals surface area contributed by atoms with Gasteiger partial charge in [0.25, 0.3) is 0 Å². The highest BCUT2D eigenvalue weighted by atomic mass is 16.5. The van der Waals surface area contributed by atoms with E-state index in [1.54, 1.807) is 0 Å². The number of nitrogens with one attached hydrogen (secondary N) is 1. The molecule has 1 N–H and O–H groups in total. The number of pyridine rings is 1. The van der Waals surface area contributed by atoms with Crippen molar-refractivity contribution in [2.45, 2.75) is 50.3 Å². The van der Waals surface area contributed by atoms with Crippen LogP contribution in [0.3, 0.4) is 0 Å². The predicted octanol–water partition coefficient (Wildman–Crippen LogP) is 3.43. The predicted molar refractivity (Wildman–Crippen MR) is 84.1 cm³/mol. The van der Waals surface area contributed by atoms with Crippen LogP contribution in [0.2, 0.25) is 0 Å². The number of nitrogens with zero attached hydrogens (tertiary/aromatic N) is 1. The van der Waals surface area contributed by atoms with Gasteiger partial charge in [-0.1, -0.05) is 24.3 Å². The Hall–Kier alpha value is -1.45. The summed E-state index contributed by atoms with van der Waals surface area (Å²) >= 11 is 0. The SMILES string of the molecule is c1cnc2c(CNC3CCOC4(CCC4)C3)cccc2c1. The zero-order valence-corrected chi connectivity index (χ0v) is 12.3. The molecule has 4 rings (SSSR count). The van der Waals surface area contributed by atoms with Gasteiger partial charge in [-0.2, -0.15) is 0 Å². The summed E-state index contributed by atoms with van der Waals surface area (Å²) in [6.45, 7) is 1.81. The highest BCUT2D eigenvalue weighted by Crippen LogP contribution is 2.42. The first kappa shape index (κ1) is 13.2. The van der Waals surface area contributed by atoms with Crippen molar-refractivity contribution >= 4 is 10.9 Å². The van der Waals surface area contributed by atoms with Crippen molar-refractivity contribution in [3.63, 3.8) is 0 Å². The second kappa shape index (κ2) is 5.39. The average molecular weight is 282 g/mol. The molecular formula is C18H22N2O. The summed E-state index contributed by atoms with van der Waals surface area (Å²) in [5.41, 5.74) is 2.63. The normalized spacial score (nSPS) is 24.1. The molecule has 110 valence electrons. The first-order valence-electron chi connectivity index (χ1n) is 8.05. The van der Waals surface area contributed by atoms with Crippen LogP contribution in [0, 0.1) is 0 Å². The second-order valence-corrected chi connectivity index (χ2v) is 6.45. The minimum absolute atomic E-state index is 0.215. The molecule has 2 heterocycles. The maximum absolute atomic E-state index is 6.00. The quantitative estimate of drug-likeness (QED) is 0.936. The van der Waals surface area contributed by atoms with E-state index < -0.39 is 0 Å². The number of aromatic nitrogens is 1. The van der Waals surface area contributed by atoms with E-state index in [9.17, 15) is 0 Å². The van der Waals surface area contributed by atoms with Gasteiger partial charge in [-0.3, -0.25) is 4.98 Å². The molecule has 21 heavy (non-hydrogen) atoms. The summed E-state index contributed by atoms with van der Waals surface area (Å²) in [7, 11) is 0. The Balaban J connectivity index is 1.46. The van der Waals surface area contributed by atoms with Crippen LogP contribution in [-0.2, 0) is 11.3 Å². The third-order valence-corrected chi connectivity index (χ3v) is 5.06. The first-order valence-corrected chi connectivity index (χ1v) is 8.05. The van der Waals surface area contributed by atoms with E-state index >= 15 is 0 Å². The van der Waals surface area contributed by atoms with Gasteiger partial charge >= 0.3 is 0 Å². The largest absolute Gasteiger partial charge is 0.375 e. The molecule has 2 aliphatic rings. The molecular weight excluding hydrogens is 260 g/mol. The van der Waals surface area contributed by atoms with Gasteiger partial charge in [-0.05, 0) is 43.7 Å². The van der Waals surface area contributed by atoms with Crippen molar-refractivity contribution in [2.24, 2.45) is 0 Å². The van der Waals surface area contributed by atoms with Gasteiger partial charge in [0.15, 0.2) is 0 Å². The van der Waals surface area contributed by atoms with Crippen LogP contribution in [0.5, 0.6) is 0 Å². The van der Waals surface area contributed by atoms with Gasteiger partial charge in [0, 0.05) is 30.8 Å². The van der Waals surface area contributed by atoms with E-state index in [1.165, 1.54) is 36.6 Å². The van der Waals surface area contributed by atoms with Crippen molar-refractivity contribution < 1.29 is 4.74 Å². The third kappa shape index (κ3) is 2.56. The van der Waals surface area contributed by atoms with Crippen LogP contribution >= 0.6 is 0 Å². The van der Waals surface area contributed by atoms with E-state index in [0.717, 1.165) is 25.1 Å². The van der Waals surface area contributed by atoms with E-state index in [0.29, 0.717) is 6.04 Å². The zero-order valence-electron chi connectivity index (χ0n) is 12.3. The molecule has 1 aromatic carbocycles. The van der Waals surface area contributed by atoms with Gasteiger partial charge in [0.05, 0.1) is 11.1 Å². The molecule has 0 amide bonds. The molecule has 0 bridgehead atoms. The molecule has 3 heteroatoms. The number of fused-ring (bicyclic) bond motifs is 1. The molecule has 1 aliphatic carbocycles. The van der Waals surface area contributed by atoms with E-state index in [-0.39, 0.29) is 5.60 Å². The average Bonchev–Trinajstić information content (AvgIpc) is 2.52. The van der Waals surface area contributed by atoms with Crippen LogP contribution in [0.25, 0.3) is 10.9 Å². The number of hydrogen-bond acceptors (Lipinski definition) is 3. The van der Waals surface area contributed by atoms with Gasteiger partial charge in [-0.25, -0.2) is 0 Å². The van der Waals surface area contributed by atoms with Gasteiger partial charge in [0.2, 0.25) is 0 Å². The molecule has 1 saturated carbocycles. The van der Waals surface area contributed by atoms with Crippen molar-refractivity contribution in [1.82, 2.24) is 10.3 Å². The summed E-state index contributed by atoms with van der Waals surface area (Å²) in [6.07, 6.45) is 8.01. The fraction of sp³-hybridized carbons (Fsp3) is 0.500. The molecule has 1 spiro atoms. The lowest BCUT2D eigenvalue weighted by Gasteiger charge is -2.47. The van der Waals surface area contributed by atoms with E-state index in [2.05, 4.69) is 34.6 Å². The lowest BCUT2D eigenvalue weighted by Crippen LogP contribution is -2.50. The monoisotopic (exact) mass is 282 g/mol. The maximum atomic E-state index is 6.00. The summed E-state index contributed by atoms with van der Waals surface area (Å²) < 4.78 is 6.00. The Morgan fingerprint density at radius 1 is 1.24 bits per heavy atom. The van der Waals surface area contributed by atoms with Crippen molar-refractivity contribution in [2.75, 3.05) is 6.61 Å². The first-order chi connectivity index (χ1) is 10.3. The summed E-state index contributed by atoms with van der Waals surface area (Å²) in [4.78, 5) is 4.54. The topological polar surface area (TPSA) is 34.2 Å². The van der Waals surface area contributed by atoms with E-state index in [4.69, 9.17) is 4.74 Å². The number of hydrogen-bond donors (Lipinski definition) is 1. The molecule has 1 aromatic heterocycles. The molecule has 2 aromatic rings. The van der Waals surface area contributed by atoms with Crippen LogP contribution < -0.4 is 5.32 Å². The highest BCUT2D eigenvalue weighted by molar-refractivity contribution is 5.81. The minimum Gasteiger partial charge on any atom is -0.375 e. The molecule has 1 saturated heterocycles. The highest BCUT2D eigenvalue weighted by Gasteiger charge is 2.42. The molecule has 3 nitrogen and oxygen atoms in total. The van der Waals surface area contributed by atoms with Crippen molar-refractivity contribution in [1.29, 1.82) is 0 Å². The van der Waals surface area contributed by atoms with Crippen LogP contribution in [0.15, 0.2) is 36.5 Å². The standard InChI is InChI=1S/C18H22N2O/c1-4-14-6-2-10-19-17(14)15(5-1)13-20-16-7-11-21-18(12-16)8-3-9-18/h1-2,4-6,10,16,20H,3,7-9,11-13H2. The molecule has 1 unspecified atom stereocenters. The second-order valence-electron chi connectivity index (χ2n) is 6.45. The van der Waals surface area contributed by atoms with Gasteiger partial charge < -0.3 is 10.1 Å². The molecule has 1 atom stereocenters. The molecule has 0 radical (unpaired) electrons. The molecule has 2 fully saturated rings. The fourth-order valence-electron chi connectivity index (χ4n) is 3.69. The third-order valence-electron chi connectivity index (χ3n) is 5.06. The van der Waals surface area contributed by atoms with E-state index in [1.807, 2.05) is 12.3 Å². The Kier molecular flexibility index (Phi) is 3.40. The number of para-hydroxylation sites is 1. The lowest BCUT2D eigenvalue weighted by molar-refractivity contribution is -0.135. The smallest absolute Gasteiger partial charge is 0.0746 e. The molecule has 1 aliphatic heterocycles. The van der Waals surface area contributed by atoms with Crippen molar-refractivity contribution in [3.05, 3.63) is 42.1 Å². The Morgan fingerprint density at radius 2 is 2.14 bits per heavy atom. The van der Waals surface area contributed by atoms with Crippen LogP contribution in [-0.4, -0.2) is 23.2 Å². The van der Waals surface area contributed by atoms with Gasteiger partial charge in [-0.15, -0.1) is 0 Å². The fourth-order valence-corrected chi connectivity index (χ4v) is 3.69. The Bertz CT molecular complexity index is 631. The number of rotatable bonds is 3. The van der Waals surface area contributed by atoms with Crippen LogP contribution in [0.1, 0.15) is 37.7 Å². The Labute approximate surface area is 125 Å². The Morgan fingerprint density at radius 3 is 3.00 bits per heavy atom. The van der Waals surface area contributed by atoms with Crippen LogP contribution in [0.4, 0.5) is 0 Å². The number of ether oxygens (including phenoxy) is 1. The van der Waals surface area contributed by atoms with Gasteiger partial charge in [0.1, 0.15) is 0 Å². The summed E-state index contributed by atoms with van der Waals surface area (Å²) in [6, 6.07) is 11.1. The summed E-state index contributed by atoms with van der Waals surface area (Å²) in [5.74, 6) is 0. The minimum atomic E-state index is 0.215. The van der Waals surface area contributed by atoms with Crippen molar-refractivity contribution in [3.8, 4) is 0 Å². The zero-order chi connectivity index (χ0) is 14.1.